The highest BCUT2D eigenvalue weighted by atomic mass is 16.6. The molecule has 7 nitrogen and oxygen atoms in total. The molecule has 3 aromatic rings. The van der Waals surface area contributed by atoms with Crippen LogP contribution in [0.2, 0.25) is 0 Å². The molecule has 1 aliphatic carbocycles. The second-order valence-corrected chi connectivity index (χ2v) is 7.26. The van der Waals surface area contributed by atoms with E-state index in [2.05, 4.69) is 22.5 Å². The average Bonchev–Trinajstić information content (AvgIpc) is 3.13. The molecule has 2 aromatic carbocycles. The Hall–Kier alpha value is -3.48. The van der Waals surface area contributed by atoms with Gasteiger partial charge in [0.15, 0.2) is 0 Å². The molecule has 0 saturated carbocycles. The number of rotatable bonds is 6. The maximum atomic E-state index is 12.6. The van der Waals surface area contributed by atoms with Crippen LogP contribution in [0.1, 0.15) is 41.3 Å². The van der Waals surface area contributed by atoms with Crippen LogP contribution in [0.3, 0.4) is 0 Å². The first-order chi connectivity index (χ1) is 14.1. The van der Waals surface area contributed by atoms with Crippen molar-refractivity contribution in [2.45, 2.75) is 38.3 Å². The van der Waals surface area contributed by atoms with Crippen LogP contribution in [0.4, 0.5) is 5.69 Å². The lowest BCUT2D eigenvalue weighted by molar-refractivity contribution is -0.385. The topological polar surface area (TPSA) is 90.1 Å². The highest BCUT2D eigenvalue weighted by molar-refractivity contribution is 5.80. The monoisotopic (exact) mass is 390 g/mol. The molecular weight excluding hydrogens is 368 g/mol. The van der Waals surface area contributed by atoms with Gasteiger partial charge in [-0.1, -0.05) is 48.5 Å². The standard InChI is InChI=1S/C22H22N4O3/c27-22(13-17-9-4-5-11-20(17)26(28)29)24-19-10-6-12-21-18(19)14-23-25(21)15-16-7-2-1-3-8-16/h1-5,7-9,11,14,19H,6,10,12-13,15H2,(H,24,27). The summed E-state index contributed by atoms with van der Waals surface area (Å²) >= 11 is 0. The quantitative estimate of drug-likeness (QED) is 0.515. The lowest BCUT2D eigenvalue weighted by Gasteiger charge is -2.24. The van der Waals surface area contributed by atoms with E-state index in [9.17, 15) is 14.9 Å². The number of fused-ring (bicyclic) bond motifs is 1. The summed E-state index contributed by atoms with van der Waals surface area (Å²) in [6.45, 7) is 0.701. The van der Waals surface area contributed by atoms with Crippen molar-refractivity contribution in [3.63, 3.8) is 0 Å². The first kappa shape index (κ1) is 18.9. The van der Waals surface area contributed by atoms with Crippen LogP contribution in [-0.2, 0) is 24.2 Å². The third-order valence-electron chi connectivity index (χ3n) is 5.31. The maximum Gasteiger partial charge on any atom is 0.273 e. The zero-order chi connectivity index (χ0) is 20.2. The Morgan fingerprint density at radius 3 is 2.72 bits per heavy atom. The SMILES string of the molecule is O=C(Cc1ccccc1[N+](=O)[O-])NC1CCCc2c1cnn2Cc1ccccc1. The molecule has 0 radical (unpaired) electrons. The van der Waals surface area contributed by atoms with Gasteiger partial charge in [0.1, 0.15) is 0 Å². The van der Waals surface area contributed by atoms with Gasteiger partial charge in [-0.2, -0.15) is 5.10 Å². The van der Waals surface area contributed by atoms with Gasteiger partial charge in [0.25, 0.3) is 5.69 Å². The molecule has 4 rings (SSSR count). The molecule has 1 heterocycles. The van der Waals surface area contributed by atoms with E-state index in [0.717, 1.165) is 30.5 Å². The van der Waals surface area contributed by atoms with E-state index in [1.807, 2.05) is 29.1 Å². The van der Waals surface area contributed by atoms with Gasteiger partial charge in [-0.25, -0.2) is 0 Å². The van der Waals surface area contributed by atoms with Crippen LogP contribution < -0.4 is 5.32 Å². The second kappa shape index (κ2) is 8.26. The van der Waals surface area contributed by atoms with Crippen molar-refractivity contribution in [1.29, 1.82) is 0 Å². The fourth-order valence-electron chi connectivity index (χ4n) is 3.92. The molecule has 0 saturated heterocycles. The van der Waals surface area contributed by atoms with Gasteiger partial charge in [0, 0.05) is 22.9 Å². The fourth-order valence-corrected chi connectivity index (χ4v) is 3.92. The molecule has 0 fully saturated rings. The summed E-state index contributed by atoms with van der Waals surface area (Å²) in [6.07, 6.45) is 4.56. The van der Waals surface area contributed by atoms with E-state index in [1.165, 1.54) is 11.6 Å². The van der Waals surface area contributed by atoms with Crippen molar-refractivity contribution in [1.82, 2.24) is 15.1 Å². The van der Waals surface area contributed by atoms with Gasteiger partial charge in [-0.3, -0.25) is 19.6 Å². The van der Waals surface area contributed by atoms with Gasteiger partial charge in [0.05, 0.1) is 30.1 Å². The number of nitro benzene ring substituents is 1. The number of carbonyl (C=O) groups excluding carboxylic acids is 1. The molecule has 29 heavy (non-hydrogen) atoms. The van der Waals surface area contributed by atoms with Crippen LogP contribution in [-0.4, -0.2) is 20.6 Å². The Balaban J connectivity index is 1.48. The third-order valence-corrected chi connectivity index (χ3v) is 5.31. The van der Waals surface area contributed by atoms with Crippen molar-refractivity contribution >= 4 is 11.6 Å². The first-order valence-corrected chi connectivity index (χ1v) is 9.72. The lowest BCUT2D eigenvalue weighted by Crippen LogP contribution is -2.32. The van der Waals surface area contributed by atoms with Crippen LogP contribution in [0.15, 0.2) is 60.8 Å². The molecule has 1 aliphatic rings. The summed E-state index contributed by atoms with van der Waals surface area (Å²) in [5, 5.41) is 18.8. The van der Waals surface area contributed by atoms with E-state index < -0.39 is 4.92 Å². The number of aromatic nitrogens is 2. The highest BCUT2D eigenvalue weighted by Gasteiger charge is 2.26. The predicted octanol–water partition coefficient (Wildman–Crippen LogP) is 3.58. The van der Waals surface area contributed by atoms with Crippen LogP contribution in [0.25, 0.3) is 0 Å². The average molecular weight is 390 g/mol. The minimum absolute atomic E-state index is 0.0128. The Bertz CT molecular complexity index is 1030. The lowest BCUT2D eigenvalue weighted by atomic mass is 9.92. The molecule has 0 aliphatic heterocycles. The van der Waals surface area contributed by atoms with Crippen molar-refractivity contribution in [3.05, 3.63) is 93.3 Å². The minimum Gasteiger partial charge on any atom is -0.349 e. The number of nitro groups is 1. The van der Waals surface area contributed by atoms with Gasteiger partial charge in [0.2, 0.25) is 5.91 Å². The van der Waals surface area contributed by atoms with E-state index >= 15 is 0 Å². The van der Waals surface area contributed by atoms with Gasteiger partial charge in [-0.15, -0.1) is 0 Å². The minimum atomic E-state index is -0.449. The smallest absolute Gasteiger partial charge is 0.273 e. The molecule has 0 bridgehead atoms. The van der Waals surface area contributed by atoms with Crippen LogP contribution in [0.5, 0.6) is 0 Å². The zero-order valence-electron chi connectivity index (χ0n) is 16.0. The normalized spacial score (nSPS) is 15.5. The maximum absolute atomic E-state index is 12.6. The molecule has 7 heteroatoms. The zero-order valence-corrected chi connectivity index (χ0v) is 16.0. The Morgan fingerprint density at radius 2 is 1.93 bits per heavy atom. The summed E-state index contributed by atoms with van der Waals surface area (Å²) in [5.74, 6) is -0.215. The second-order valence-electron chi connectivity index (χ2n) is 7.26. The van der Waals surface area contributed by atoms with Crippen LogP contribution in [0, 0.1) is 10.1 Å². The number of amides is 1. The Kier molecular flexibility index (Phi) is 5.37. The molecular formula is C22H22N4O3. The number of para-hydroxylation sites is 1. The van der Waals surface area contributed by atoms with Crippen molar-refractivity contribution in [2.75, 3.05) is 0 Å². The van der Waals surface area contributed by atoms with Crippen LogP contribution >= 0.6 is 0 Å². The first-order valence-electron chi connectivity index (χ1n) is 9.72. The Morgan fingerprint density at radius 1 is 1.17 bits per heavy atom. The van der Waals surface area contributed by atoms with E-state index in [0.29, 0.717) is 12.1 Å². The fraction of sp³-hybridized carbons (Fsp3) is 0.273. The number of hydrogen-bond acceptors (Lipinski definition) is 4. The number of carbonyl (C=O) groups is 1. The summed E-state index contributed by atoms with van der Waals surface area (Å²) < 4.78 is 2.00. The largest absolute Gasteiger partial charge is 0.349 e. The molecule has 1 amide bonds. The van der Waals surface area contributed by atoms with Gasteiger partial charge < -0.3 is 5.32 Å². The number of nitrogens with zero attached hydrogens (tertiary/aromatic N) is 3. The Labute approximate surface area is 168 Å². The molecule has 1 N–H and O–H groups in total. The molecule has 1 unspecified atom stereocenters. The third kappa shape index (κ3) is 4.18. The van der Waals surface area contributed by atoms with Crippen molar-refractivity contribution in [3.8, 4) is 0 Å². The van der Waals surface area contributed by atoms with Gasteiger partial charge in [-0.05, 0) is 24.8 Å². The molecule has 148 valence electrons. The van der Waals surface area contributed by atoms with Crippen molar-refractivity contribution in [2.24, 2.45) is 0 Å². The summed E-state index contributed by atoms with van der Waals surface area (Å²) in [7, 11) is 0. The number of hydrogen-bond donors (Lipinski definition) is 1. The highest BCUT2D eigenvalue weighted by Crippen LogP contribution is 2.30. The molecule has 1 aromatic heterocycles. The van der Waals surface area contributed by atoms with E-state index in [-0.39, 0.29) is 24.1 Å². The number of nitrogens with one attached hydrogen (secondary N) is 1. The molecule has 1 atom stereocenters. The number of benzene rings is 2. The summed E-state index contributed by atoms with van der Waals surface area (Å²) in [5.41, 5.74) is 3.77. The molecule has 0 spiro atoms. The van der Waals surface area contributed by atoms with E-state index in [1.54, 1.807) is 18.2 Å². The summed E-state index contributed by atoms with van der Waals surface area (Å²) in [4.78, 5) is 23.3. The van der Waals surface area contributed by atoms with Gasteiger partial charge >= 0.3 is 0 Å². The summed E-state index contributed by atoms with van der Waals surface area (Å²) in [6, 6.07) is 16.4. The predicted molar refractivity (Wildman–Crippen MR) is 108 cm³/mol. The van der Waals surface area contributed by atoms with Crippen molar-refractivity contribution < 1.29 is 9.72 Å². The van der Waals surface area contributed by atoms with E-state index in [4.69, 9.17) is 0 Å².